The minimum Gasteiger partial charge on any atom is -0.269 e. The van der Waals surface area contributed by atoms with Gasteiger partial charge < -0.3 is 0 Å². The first kappa shape index (κ1) is 11.4. The molecule has 4 heteroatoms. The fraction of sp³-hybridized carbons (Fsp3) is 0.143. The lowest BCUT2D eigenvalue weighted by molar-refractivity contribution is 0.265. The summed E-state index contributed by atoms with van der Waals surface area (Å²) >= 11 is 3.52. The molecule has 0 bridgehead atoms. The number of rotatable bonds is 1. The van der Waals surface area contributed by atoms with Crippen LogP contribution >= 0.6 is 15.9 Å². The van der Waals surface area contributed by atoms with Crippen LogP contribution in [0.1, 0.15) is 17.2 Å². The van der Waals surface area contributed by atoms with Gasteiger partial charge in [-0.05, 0) is 23.8 Å². The molecule has 90 valence electrons. The van der Waals surface area contributed by atoms with Crippen LogP contribution < -0.4 is 0 Å². The fourth-order valence-electron chi connectivity index (χ4n) is 2.24. The summed E-state index contributed by atoms with van der Waals surface area (Å²) in [5, 5.41) is 10.3. The van der Waals surface area contributed by atoms with Crippen LogP contribution in [-0.4, -0.2) is 12.1 Å². The van der Waals surface area contributed by atoms with Crippen LogP contribution in [0.3, 0.4) is 0 Å². The summed E-state index contributed by atoms with van der Waals surface area (Å²) in [5.41, 5.74) is 3.33. The van der Waals surface area contributed by atoms with Gasteiger partial charge in [0.05, 0.1) is 5.69 Å². The number of hydrogen-bond donors (Lipinski definition) is 0. The molecular formula is C14H12BrN3. The molecule has 0 spiro atoms. The third kappa shape index (κ3) is 1.93. The number of halogens is 1. The minimum absolute atomic E-state index is 0.121. The van der Waals surface area contributed by atoms with E-state index in [0.717, 1.165) is 10.2 Å². The molecule has 3 rings (SSSR count). The summed E-state index contributed by atoms with van der Waals surface area (Å²) < 4.78 is 1.06. The van der Waals surface area contributed by atoms with E-state index in [9.17, 15) is 0 Å². The van der Waals surface area contributed by atoms with E-state index in [1.165, 1.54) is 11.1 Å². The first-order valence-electron chi connectivity index (χ1n) is 5.74. The van der Waals surface area contributed by atoms with Crippen molar-refractivity contribution < 1.29 is 0 Å². The van der Waals surface area contributed by atoms with Crippen molar-refractivity contribution in [3.63, 3.8) is 0 Å². The zero-order valence-corrected chi connectivity index (χ0v) is 11.5. The van der Waals surface area contributed by atoms with E-state index >= 15 is 0 Å². The minimum atomic E-state index is 0.121. The molecule has 0 fully saturated rings. The van der Waals surface area contributed by atoms with E-state index in [1.54, 1.807) is 0 Å². The van der Waals surface area contributed by atoms with Gasteiger partial charge in [0.1, 0.15) is 6.04 Å². The summed E-state index contributed by atoms with van der Waals surface area (Å²) in [6.45, 7) is 0. The van der Waals surface area contributed by atoms with Gasteiger partial charge in [0.2, 0.25) is 0 Å². The summed E-state index contributed by atoms with van der Waals surface area (Å²) in [4.78, 5) is 0. The van der Waals surface area contributed by atoms with Gasteiger partial charge in [0, 0.05) is 17.1 Å². The van der Waals surface area contributed by atoms with Crippen LogP contribution in [0.4, 0.5) is 5.69 Å². The predicted octanol–water partition coefficient (Wildman–Crippen LogP) is 4.48. The second-order valence-corrected chi connectivity index (χ2v) is 5.20. The van der Waals surface area contributed by atoms with Crippen LogP contribution in [0, 0.1) is 0 Å². The first-order chi connectivity index (χ1) is 8.75. The highest BCUT2D eigenvalue weighted by Crippen LogP contribution is 2.39. The molecule has 0 unspecified atom stereocenters. The molecule has 0 aliphatic carbocycles. The van der Waals surface area contributed by atoms with Crippen molar-refractivity contribution in [2.45, 2.75) is 6.04 Å². The summed E-state index contributed by atoms with van der Waals surface area (Å²) in [6, 6.07) is 16.6. The van der Waals surface area contributed by atoms with Crippen LogP contribution in [0.25, 0.3) is 0 Å². The van der Waals surface area contributed by atoms with E-state index < -0.39 is 0 Å². The Kier molecular flexibility index (Phi) is 2.88. The summed E-state index contributed by atoms with van der Waals surface area (Å²) in [5.74, 6) is 0. The van der Waals surface area contributed by atoms with Crippen LogP contribution in [0.15, 0.2) is 63.3 Å². The smallest absolute Gasteiger partial charge is 0.101 e. The topological polar surface area (TPSA) is 28.0 Å². The van der Waals surface area contributed by atoms with Gasteiger partial charge in [-0.2, -0.15) is 0 Å². The predicted molar refractivity (Wildman–Crippen MR) is 74.7 cm³/mol. The van der Waals surface area contributed by atoms with Gasteiger partial charge in [0.15, 0.2) is 0 Å². The van der Waals surface area contributed by atoms with Gasteiger partial charge in [0.25, 0.3) is 0 Å². The molecule has 0 saturated carbocycles. The Morgan fingerprint density at radius 2 is 1.89 bits per heavy atom. The molecule has 0 N–H and O–H groups in total. The van der Waals surface area contributed by atoms with E-state index in [0.29, 0.717) is 0 Å². The highest BCUT2D eigenvalue weighted by atomic mass is 79.9. The molecule has 18 heavy (non-hydrogen) atoms. The molecule has 3 nitrogen and oxygen atoms in total. The second-order valence-electron chi connectivity index (χ2n) is 4.28. The maximum absolute atomic E-state index is 4.22. The van der Waals surface area contributed by atoms with Crippen molar-refractivity contribution in [2.75, 3.05) is 7.05 Å². The number of fused-ring (bicyclic) bond motifs is 1. The van der Waals surface area contributed by atoms with Gasteiger partial charge in [-0.3, -0.25) is 5.01 Å². The molecule has 1 aliphatic heterocycles. The highest BCUT2D eigenvalue weighted by Gasteiger charge is 2.25. The standard InChI is InChI=1S/C14H12BrN3/c1-18-14(10-5-3-2-4-6-10)12-9-11(15)7-8-13(12)16-17-18/h2-9,14H,1H3/t14-/m1/s1. The summed E-state index contributed by atoms with van der Waals surface area (Å²) in [7, 11) is 1.95. The monoisotopic (exact) mass is 301 g/mol. The Morgan fingerprint density at radius 3 is 2.67 bits per heavy atom. The Labute approximate surface area is 114 Å². The van der Waals surface area contributed by atoms with Gasteiger partial charge in [-0.1, -0.05) is 51.5 Å². The largest absolute Gasteiger partial charge is 0.269 e. The Balaban J connectivity index is 2.15. The fourth-order valence-corrected chi connectivity index (χ4v) is 2.62. The Bertz CT molecular complexity index is 595. The maximum atomic E-state index is 4.22. The Hall–Kier alpha value is -1.68. The zero-order chi connectivity index (χ0) is 12.5. The van der Waals surface area contributed by atoms with Gasteiger partial charge in [-0.25, -0.2) is 0 Å². The lowest BCUT2D eigenvalue weighted by Crippen LogP contribution is -2.22. The van der Waals surface area contributed by atoms with E-state index in [1.807, 2.05) is 42.4 Å². The van der Waals surface area contributed by atoms with Gasteiger partial charge in [-0.15, -0.1) is 5.11 Å². The average Bonchev–Trinajstić information content (AvgIpc) is 2.39. The zero-order valence-electron chi connectivity index (χ0n) is 9.92. The second kappa shape index (κ2) is 4.53. The van der Waals surface area contributed by atoms with Crippen molar-refractivity contribution in [3.8, 4) is 0 Å². The van der Waals surface area contributed by atoms with Crippen molar-refractivity contribution in [3.05, 3.63) is 64.1 Å². The molecule has 2 aromatic rings. The third-order valence-electron chi connectivity index (χ3n) is 3.07. The van der Waals surface area contributed by atoms with E-state index in [2.05, 4.69) is 44.5 Å². The molecule has 1 aliphatic rings. The van der Waals surface area contributed by atoms with Crippen molar-refractivity contribution in [1.29, 1.82) is 0 Å². The third-order valence-corrected chi connectivity index (χ3v) is 3.56. The molecule has 0 saturated heterocycles. The normalized spacial score (nSPS) is 17.7. The van der Waals surface area contributed by atoms with E-state index in [-0.39, 0.29) is 6.04 Å². The molecule has 0 amide bonds. The summed E-state index contributed by atoms with van der Waals surface area (Å²) in [6.07, 6.45) is 0. The van der Waals surface area contributed by atoms with Crippen molar-refractivity contribution in [2.24, 2.45) is 10.3 Å². The lowest BCUT2D eigenvalue weighted by atomic mass is 9.96. The average molecular weight is 302 g/mol. The molecular weight excluding hydrogens is 290 g/mol. The molecule has 1 heterocycles. The quantitative estimate of drug-likeness (QED) is 0.763. The van der Waals surface area contributed by atoms with E-state index in [4.69, 9.17) is 0 Å². The lowest BCUT2D eigenvalue weighted by Gasteiger charge is -2.29. The highest BCUT2D eigenvalue weighted by molar-refractivity contribution is 9.10. The number of hydrogen-bond acceptors (Lipinski definition) is 3. The molecule has 0 radical (unpaired) electrons. The maximum Gasteiger partial charge on any atom is 0.101 e. The molecule has 2 aromatic carbocycles. The van der Waals surface area contributed by atoms with Crippen molar-refractivity contribution in [1.82, 2.24) is 5.01 Å². The Morgan fingerprint density at radius 1 is 1.11 bits per heavy atom. The molecule has 0 aromatic heterocycles. The van der Waals surface area contributed by atoms with Crippen LogP contribution in [0.5, 0.6) is 0 Å². The number of nitrogens with zero attached hydrogens (tertiary/aromatic N) is 3. The first-order valence-corrected chi connectivity index (χ1v) is 6.54. The van der Waals surface area contributed by atoms with Gasteiger partial charge >= 0.3 is 0 Å². The van der Waals surface area contributed by atoms with Crippen molar-refractivity contribution >= 4 is 21.6 Å². The van der Waals surface area contributed by atoms with Crippen LogP contribution in [-0.2, 0) is 0 Å². The molecule has 1 atom stereocenters. The van der Waals surface area contributed by atoms with Crippen LogP contribution in [0.2, 0.25) is 0 Å². The SMILES string of the molecule is CN1N=Nc2ccc(Br)cc2[C@H]1c1ccccc1. The number of benzene rings is 2.